The zero-order valence-electron chi connectivity index (χ0n) is 13.1. The zero-order chi connectivity index (χ0) is 15.6. The van der Waals surface area contributed by atoms with Crippen LogP contribution in [0.15, 0.2) is 24.3 Å². The van der Waals surface area contributed by atoms with Crippen molar-refractivity contribution in [1.82, 2.24) is 4.90 Å². The molecule has 23 heavy (non-hydrogen) atoms. The fraction of sp³-hybridized carbons (Fsp3) is 0.500. The first kappa shape index (κ1) is 13.4. The molecule has 5 heteroatoms. The van der Waals surface area contributed by atoms with E-state index in [1.165, 1.54) is 18.1 Å². The third-order valence-electron chi connectivity index (χ3n) is 5.70. The monoisotopic (exact) mass is 313 g/mol. The first-order chi connectivity index (χ1) is 11.2. The van der Waals surface area contributed by atoms with Crippen LogP contribution in [-0.2, 0) is 21.5 Å². The Labute approximate surface area is 134 Å². The van der Waals surface area contributed by atoms with E-state index < -0.39 is 0 Å². The summed E-state index contributed by atoms with van der Waals surface area (Å²) in [6.45, 7) is 3.79. The molecule has 1 unspecified atom stereocenters. The maximum atomic E-state index is 11.3. The third-order valence-corrected chi connectivity index (χ3v) is 5.70. The lowest BCUT2D eigenvalue weighted by Crippen LogP contribution is -2.49. The molecule has 1 aromatic rings. The fourth-order valence-electron chi connectivity index (χ4n) is 4.77. The van der Waals surface area contributed by atoms with Gasteiger partial charge in [-0.05, 0) is 35.8 Å². The summed E-state index contributed by atoms with van der Waals surface area (Å²) in [6.07, 6.45) is 6.20. The zero-order valence-corrected chi connectivity index (χ0v) is 13.1. The molecule has 1 saturated heterocycles. The van der Waals surface area contributed by atoms with Crippen molar-refractivity contribution in [2.24, 2.45) is 0 Å². The second kappa shape index (κ2) is 4.51. The Morgan fingerprint density at radius 1 is 1.35 bits per heavy atom. The lowest BCUT2D eigenvalue weighted by Gasteiger charge is -2.45. The van der Waals surface area contributed by atoms with Gasteiger partial charge in [-0.2, -0.15) is 0 Å². The van der Waals surface area contributed by atoms with Gasteiger partial charge in [0.15, 0.2) is 11.5 Å². The molecular formula is C18H19NO4. The Hall–Kier alpha value is -2.01. The lowest BCUT2D eigenvalue weighted by atomic mass is 9.66. The highest BCUT2D eigenvalue weighted by Gasteiger charge is 2.53. The largest absolute Gasteiger partial charge is 0.458 e. The highest BCUT2D eigenvalue weighted by Crippen LogP contribution is 2.53. The van der Waals surface area contributed by atoms with Gasteiger partial charge >= 0.3 is 5.97 Å². The van der Waals surface area contributed by atoms with Gasteiger partial charge in [-0.1, -0.05) is 6.08 Å². The maximum absolute atomic E-state index is 11.3. The van der Waals surface area contributed by atoms with Gasteiger partial charge in [-0.3, -0.25) is 9.69 Å². The molecule has 3 heterocycles. The minimum absolute atomic E-state index is 0.0191. The molecule has 1 fully saturated rings. The number of nitrogens with zero attached hydrogens (tertiary/aromatic N) is 1. The summed E-state index contributed by atoms with van der Waals surface area (Å²) in [5.74, 6) is 1.50. The van der Waals surface area contributed by atoms with Gasteiger partial charge < -0.3 is 14.2 Å². The molecule has 4 atom stereocenters. The summed E-state index contributed by atoms with van der Waals surface area (Å²) < 4.78 is 16.6. The SMILES string of the molecule is CC(=O)O[C@H]1C=C[C@@]23CCN(Cc4cc5c(cc42)OCO5)[C@H]3C1. The molecule has 5 nitrogen and oxygen atoms in total. The molecule has 0 amide bonds. The molecule has 0 aromatic heterocycles. The summed E-state index contributed by atoms with van der Waals surface area (Å²) in [5, 5.41) is 0. The average molecular weight is 313 g/mol. The van der Waals surface area contributed by atoms with Gasteiger partial charge in [-0.15, -0.1) is 0 Å². The van der Waals surface area contributed by atoms with Crippen LogP contribution in [0.4, 0.5) is 0 Å². The Balaban J connectivity index is 1.60. The van der Waals surface area contributed by atoms with E-state index >= 15 is 0 Å². The van der Waals surface area contributed by atoms with E-state index in [1.807, 2.05) is 0 Å². The van der Waals surface area contributed by atoms with Crippen molar-refractivity contribution in [3.63, 3.8) is 0 Å². The number of carbonyl (C=O) groups is 1. The van der Waals surface area contributed by atoms with E-state index in [9.17, 15) is 4.79 Å². The number of carbonyl (C=O) groups excluding carboxylic acids is 1. The molecular weight excluding hydrogens is 294 g/mol. The smallest absolute Gasteiger partial charge is 0.303 e. The number of ether oxygens (including phenoxy) is 3. The average Bonchev–Trinajstić information content (AvgIpc) is 3.07. The van der Waals surface area contributed by atoms with E-state index in [4.69, 9.17) is 14.2 Å². The summed E-state index contributed by atoms with van der Waals surface area (Å²) in [4.78, 5) is 13.8. The van der Waals surface area contributed by atoms with Crippen LogP contribution >= 0.6 is 0 Å². The van der Waals surface area contributed by atoms with Crippen LogP contribution in [0.3, 0.4) is 0 Å². The van der Waals surface area contributed by atoms with Gasteiger partial charge in [0.05, 0.1) is 0 Å². The van der Waals surface area contributed by atoms with Gasteiger partial charge in [-0.25, -0.2) is 0 Å². The van der Waals surface area contributed by atoms with E-state index in [0.29, 0.717) is 12.8 Å². The quantitative estimate of drug-likeness (QED) is 0.587. The predicted octanol–water partition coefficient (Wildman–Crippen LogP) is 2.13. The predicted molar refractivity (Wildman–Crippen MR) is 82.4 cm³/mol. The number of hydrogen-bond donors (Lipinski definition) is 0. The van der Waals surface area contributed by atoms with Crippen LogP contribution in [0.25, 0.3) is 0 Å². The molecule has 0 saturated carbocycles. The molecule has 1 aromatic carbocycles. The highest BCUT2D eigenvalue weighted by atomic mass is 16.7. The van der Waals surface area contributed by atoms with Crippen molar-refractivity contribution in [2.75, 3.05) is 13.3 Å². The number of hydrogen-bond acceptors (Lipinski definition) is 5. The van der Waals surface area contributed by atoms with E-state index in [2.05, 4.69) is 29.2 Å². The first-order valence-corrected chi connectivity index (χ1v) is 8.19. The summed E-state index contributed by atoms with van der Waals surface area (Å²) in [7, 11) is 0. The molecule has 120 valence electrons. The summed E-state index contributed by atoms with van der Waals surface area (Å²) in [5.41, 5.74) is 2.71. The Bertz CT molecular complexity index is 728. The molecule has 5 rings (SSSR count). The summed E-state index contributed by atoms with van der Waals surface area (Å²) >= 11 is 0. The van der Waals surface area contributed by atoms with Crippen molar-refractivity contribution in [3.8, 4) is 11.5 Å². The van der Waals surface area contributed by atoms with Gasteiger partial charge in [0.2, 0.25) is 6.79 Å². The standard InChI is InChI=1S/C18H19NO4/c1-11(20)23-13-2-3-18-4-5-19(17(18)7-13)9-12-6-15-16(8-14(12)18)22-10-21-15/h2-3,6,8,13,17H,4-5,7,9-10H2,1H3/t13-,17-,18+/m0/s1. The highest BCUT2D eigenvalue weighted by molar-refractivity contribution is 5.66. The Morgan fingerprint density at radius 3 is 3.00 bits per heavy atom. The van der Waals surface area contributed by atoms with Crippen molar-refractivity contribution < 1.29 is 19.0 Å². The second-order valence-electron chi connectivity index (χ2n) is 6.88. The molecule has 4 aliphatic rings. The van der Waals surface area contributed by atoms with Gasteiger partial charge in [0.1, 0.15) is 6.10 Å². The number of esters is 1. The van der Waals surface area contributed by atoms with Crippen molar-refractivity contribution in [1.29, 1.82) is 0 Å². The Kier molecular flexibility index (Phi) is 2.63. The number of fused-ring (bicyclic) bond motifs is 2. The van der Waals surface area contributed by atoms with Crippen molar-refractivity contribution in [3.05, 3.63) is 35.4 Å². The van der Waals surface area contributed by atoms with Crippen LogP contribution < -0.4 is 9.47 Å². The van der Waals surface area contributed by atoms with Crippen LogP contribution in [0.1, 0.15) is 30.9 Å². The van der Waals surface area contributed by atoms with E-state index in [-0.39, 0.29) is 17.5 Å². The molecule has 0 N–H and O–H groups in total. The van der Waals surface area contributed by atoms with Gasteiger partial charge in [0.25, 0.3) is 0 Å². The molecule has 3 aliphatic heterocycles. The molecule has 0 spiro atoms. The Morgan fingerprint density at radius 2 is 2.17 bits per heavy atom. The van der Waals surface area contributed by atoms with Gasteiger partial charge in [0, 0.05) is 37.9 Å². The van der Waals surface area contributed by atoms with Crippen molar-refractivity contribution >= 4 is 5.97 Å². The van der Waals surface area contributed by atoms with Crippen LogP contribution in [-0.4, -0.2) is 36.4 Å². The van der Waals surface area contributed by atoms with E-state index in [1.54, 1.807) is 0 Å². The lowest BCUT2D eigenvalue weighted by molar-refractivity contribution is -0.145. The maximum Gasteiger partial charge on any atom is 0.303 e. The molecule has 0 radical (unpaired) electrons. The molecule has 1 aliphatic carbocycles. The fourth-order valence-corrected chi connectivity index (χ4v) is 4.77. The van der Waals surface area contributed by atoms with Crippen molar-refractivity contribution in [2.45, 2.75) is 43.9 Å². The third kappa shape index (κ3) is 1.80. The summed E-state index contributed by atoms with van der Waals surface area (Å²) in [6, 6.07) is 4.70. The number of rotatable bonds is 1. The molecule has 2 bridgehead atoms. The van der Waals surface area contributed by atoms with Crippen LogP contribution in [0, 0.1) is 0 Å². The first-order valence-electron chi connectivity index (χ1n) is 8.19. The number of benzene rings is 1. The minimum atomic E-state index is -0.211. The van der Waals surface area contributed by atoms with E-state index in [0.717, 1.165) is 37.4 Å². The topological polar surface area (TPSA) is 48.0 Å². The van der Waals surface area contributed by atoms with Crippen LogP contribution in [0.2, 0.25) is 0 Å². The second-order valence-corrected chi connectivity index (χ2v) is 6.88. The minimum Gasteiger partial charge on any atom is -0.458 e. The normalized spacial score (nSPS) is 35.6. The van der Waals surface area contributed by atoms with Crippen LogP contribution in [0.5, 0.6) is 11.5 Å².